The third kappa shape index (κ3) is 3.30. The van der Waals surface area contributed by atoms with Crippen LogP contribution in [0.25, 0.3) is 0 Å². The molecule has 0 aromatic heterocycles. The van der Waals surface area contributed by atoms with Gasteiger partial charge in [-0.3, -0.25) is 4.79 Å². The number of carbonyl (C=O) groups is 1. The van der Waals surface area contributed by atoms with Crippen molar-refractivity contribution in [3.05, 3.63) is 0 Å². The van der Waals surface area contributed by atoms with Gasteiger partial charge in [0.15, 0.2) is 0 Å². The van der Waals surface area contributed by atoms with Gasteiger partial charge in [0, 0.05) is 19.8 Å². The van der Waals surface area contributed by atoms with Gasteiger partial charge in [-0.05, 0) is 6.92 Å². The molecule has 0 aliphatic carbocycles. The van der Waals surface area contributed by atoms with Crippen LogP contribution in [0, 0.1) is 0 Å². The largest absolute Gasteiger partial charge is 0.356 e. The molecule has 0 bridgehead atoms. The zero-order valence-corrected chi connectivity index (χ0v) is 4.12. The molecule has 0 fully saturated rings. The van der Waals surface area contributed by atoms with Crippen molar-refractivity contribution in [3.63, 3.8) is 0 Å². The van der Waals surface area contributed by atoms with Crippen LogP contribution >= 0.6 is 0 Å². The molecule has 0 aliphatic heterocycles. The molecular formula is C5H11NO. The summed E-state index contributed by atoms with van der Waals surface area (Å²) in [5.74, 6) is -1.09. The highest BCUT2D eigenvalue weighted by Gasteiger charge is 1.88. The van der Waals surface area contributed by atoms with Gasteiger partial charge < -0.3 is 5.32 Å². The standard InChI is InChI=1S/C5H11NO/c1-3-5(7)6-4-2/h3-4H2,1-2H3,(H,6,7)/i1D3,3D2. The van der Waals surface area contributed by atoms with E-state index in [1.54, 1.807) is 6.92 Å². The van der Waals surface area contributed by atoms with E-state index >= 15 is 0 Å². The summed E-state index contributed by atoms with van der Waals surface area (Å²) in [5.41, 5.74) is 0. The van der Waals surface area contributed by atoms with Crippen LogP contribution in [-0.2, 0) is 4.79 Å². The summed E-state index contributed by atoms with van der Waals surface area (Å²) in [5, 5.41) is 2.12. The lowest BCUT2D eigenvalue weighted by atomic mass is 10.4. The third-order valence-electron chi connectivity index (χ3n) is 0.451. The minimum Gasteiger partial charge on any atom is -0.356 e. The molecule has 0 aromatic carbocycles. The molecule has 42 valence electrons. The first-order chi connectivity index (χ1) is 5.23. The van der Waals surface area contributed by atoms with Crippen molar-refractivity contribution in [1.82, 2.24) is 5.32 Å². The summed E-state index contributed by atoms with van der Waals surface area (Å²) in [7, 11) is 0. The number of nitrogens with one attached hydrogen (secondary N) is 1. The molecular weight excluding hydrogens is 90.1 g/mol. The van der Waals surface area contributed by atoms with Crippen molar-refractivity contribution in [3.8, 4) is 0 Å². The quantitative estimate of drug-likeness (QED) is 0.546. The predicted molar refractivity (Wildman–Crippen MR) is 29.0 cm³/mol. The van der Waals surface area contributed by atoms with E-state index in [-0.39, 0.29) is 6.54 Å². The topological polar surface area (TPSA) is 29.1 Å². The van der Waals surface area contributed by atoms with Crippen LogP contribution in [-0.4, -0.2) is 12.5 Å². The molecule has 1 amide bonds. The Balaban J connectivity index is 4.50. The Labute approximate surface area is 50.9 Å². The molecule has 0 atom stereocenters. The van der Waals surface area contributed by atoms with Crippen molar-refractivity contribution in [2.24, 2.45) is 0 Å². The Kier molecular flexibility index (Phi) is 0.922. The summed E-state index contributed by atoms with van der Waals surface area (Å²) in [6.07, 6.45) is -2.80. The first-order valence-corrected chi connectivity index (χ1v) is 2.01. The molecule has 1 N–H and O–H groups in total. The van der Waals surface area contributed by atoms with Crippen LogP contribution in [0.5, 0.6) is 0 Å². The summed E-state index contributed by atoms with van der Waals surface area (Å²) >= 11 is 0. The van der Waals surface area contributed by atoms with Crippen LogP contribution in [0.4, 0.5) is 0 Å². The van der Waals surface area contributed by atoms with E-state index in [9.17, 15) is 4.79 Å². The number of amides is 1. The Bertz CT molecular complexity index is 175. The third-order valence-corrected chi connectivity index (χ3v) is 0.451. The molecule has 0 spiro atoms. The van der Waals surface area contributed by atoms with Gasteiger partial charge in [-0.2, -0.15) is 0 Å². The molecule has 0 rings (SSSR count). The van der Waals surface area contributed by atoms with Crippen LogP contribution < -0.4 is 5.32 Å². The van der Waals surface area contributed by atoms with E-state index in [2.05, 4.69) is 5.32 Å². The van der Waals surface area contributed by atoms with Gasteiger partial charge in [0.2, 0.25) is 5.91 Å². The van der Waals surface area contributed by atoms with Crippen LogP contribution in [0.3, 0.4) is 0 Å². The van der Waals surface area contributed by atoms with E-state index in [1.165, 1.54) is 0 Å². The fourth-order valence-corrected chi connectivity index (χ4v) is 0.205. The molecule has 0 radical (unpaired) electrons. The lowest BCUT2D eigenvalue weighted by Crippen LogP contribution is -2.20. The van der Waals surface area contributed by atoms with Crippen molar-refractivity contribution >= 4 is 5.91 Å². The zero-order chi connectivity index (χ0) is 9.99. The van der Waals surface area contributed by atoms with Gasteiger partial charge in [-0.15, -0.1) is 0 Å². The SMILES string of the molecule is [2H]C([2H])([2H])C([2H])([2H])C(=O)NCC. The Morgan fingerprint density at radius 3 is 3.29 bits per heavy atom. The second kappa shape index (κ2) is 3.65. The van der Waals surface area contributed by atoms with Crippen molar-refractivity contribution < 1.29 is 11.6 Å². The summed E-state index contributed by atoms with van der Waals surface area (Å²) in [6, 6.07) is 0. The lowest BCUT2D eigenvalue weighted by Gasteiger charge is -1.93. The van der Waals surface area contributed by atoms with Crippen LogP contribution in [0.2, 0.25) is 0 Å². The smallest absolute Gasteiger partial charge is 0.219 e. The molecule has 0 unspecified atom stereocenters. The number of hydrogen-bond donors (Lipinski definition) is 1. The Morgan fingerprint density at radius 1 is 2.14 bits per heavy atom. The maximum absolute atomic E-state index is 10.9. The van der Waals surface area contributed by atoms with E-state index in [0.717, 1.165) is 0 Å². The predicted octanol–water partition coefficient (Wildman–Crippen LogP) is 0.532. The van der Waals surface area contributed by atoms with Crippen LogP contribution in [0.15, 0.2) is 0 Å². The molecule has 7 heavy (non-hydrogen) atoms. The molecule has 2 nitrogen and oxygen atoms in total. The van der Waals surface area contributed by atoms with E-state index in [0.29, 0.717) is 0 Å². The van der Waals surface area contributed by atoms with Gasteiger partial charge >= 0.3 is 0 Å². The zero-order valence-electron chi connectivity index (χ0n) is 9.12. The highest BCUT2D eigenvalue weighted by molar-refractivity contribution is 5.75. The molecule has 0 aromatic rings. The fraction of sp³-hybridized carbons (Fsp3) is 0.800. The average Bonchev–Trinajstić information content (AvgIpc) is 1.85. The Hall–Kier alpha value is -0.530. The van der Waals surface area contributed by atoms with Gasteiger partial charge in [0.25, 0.3) is 0 Å². The number of hydrogen-bond acceptors (Lipinski definition) is 1. The fourth-order valence-electron chi connectivity index (χ4n) is 0.205. The monoisotopic (exact) mass is 106 g/mol. The highest BCUT2D eigenvalue weighted by atomic mass is 16.1. The Morgan fingerprint density at radius 2 is 2.86 bits per heavy atom. The second-order valence-corrected chi connectivity index (χ2v) is 0.984. The van der Waals surface area contributed by atoms with Crippen LogP contribution in [0.1, 0.15) is 27.0 Å². The van der Waals surface area contributed by atoms with Crippen molar-refractivity contribution in [2.45, 2.75) is 20.1 Å². The molecule has 2 heteroatoms. The number of rotatable bonds is 2. The minimum absolute atomic E-state index is 0.217. The minimum atomic E-state index is -2.91. The molecule has 0 heterocycles. The summed E-state index contributed by atoms with van der Waals surface area (Å²) < 4.78 is 34.2. The first-order valence-electron chi connectivity index (χ1n) is 4.51. The van der Waals surface area contributed by atoms with Crippen molar-refractivity contribution in [1.29, 1.82) is 0 Å². The maximum Gasteiger partial charge on any atom is 0.219 e. The highest BCUT2D eigenvalue weighted by Crippen LogP contribution is 1.70. The molecule has 0 saturated carbocycles. The number of carbonyl (C=O) groups excluding carboxylic acids is 1. The van der Waals surface area contributed by atoms with Gasteiger partial charge in [-0.1, -0.05) is 6.85 Å². The van der Waals surface area contributed by atoms with Crippen molar-refractivity contribution in [2.75, 3.05) is 6.54 Å². The van der Waals surface area contributed by atoms with E-state index in [4.69, 9.17) is 6.85 Å². The average molecular weight is 106 g/mol. The summed E-state index contributed by atoms with van der Waals surface area (Å²) in [6.45, 7) is -1.10. The molecule has 0 aliphatic rings. The van der Waals surface area contributed by atoms with Gasteiger partial charge in [0.05, 0.1) is 0 Å². The normalized spacial score (nSPS) is 22.7. The van der Waals surface area contributed by atoms with Gasteiger partial charge in [-0.25, -0.2) is 0 Å². The van der Waals surface area contributed by atoms with E-state index in [1.807, 2.05) is 0 Å². The lowest BCUT2D eigenvalue weighted by molar-refractivity contribution is -0.120. The second-order valence-electron chi connectivity index (χ2n) is 0.984. The first kappa shape index (κ1) is 1.77. The van der Waals surface area contributed by atoms with E-state index < -0.39 is 19.1 Å². The van der Waals surface area contributed by atoms with Gasteiger partial charge in [0.1, 0.15) is 0 Å². The molecule has 0 saturated heterocycles. The maximum atomic E-state index is 10.9. The summed E-state index contributed by atoms with van der Waals surface area (Å²) in [4.78, 5) is 10.9.